The minimum absolute atomic E-state index is 0.0382. The monoisotopic (exact) mass is 597 g/mol. The van der Waals surface area contributed by atoms with E-state index in [9.17, 15) is 4.79 Å². The lowest BCUT2D eigenvalue weighted by Crippen LogP contribution is -2.33. The van der Waals surface area contributed by atoms with E-state index in [1.165, 1.54) is 0 Å². The van der Waals surface area contributed by atoms with Gasteiger partial charge in [-0.3, -0.25) is 9.13 Å². The minimum atomic E-state index is -0.329. The summed E-state index contributed by atoms with van der Waals surface area (Å²) in [7, 11) is 3.62. The summed E-state index contributed by atoms with van der Waals surface area (Å²) in [6, 6.07) is 48.1. The molecule has 0 bridgehead atoms. The van der Waals surface area contributed by atoms with Crippen LogP contribution in [0.5, 0.6) is 0 Å². The van der Waals surface area contributed by atoms with E-state index >= 15 is 0 Å². The number of hydrogen-bond donors (Lipinski definition) is 1. The fraction of sp³-hybridized carbons (Fsp3) is 0.0750. The summed E-state index contributed by atoms with van der Waals surface area (Å²) in [5, 5.41) is 5.88. The van der Waals surface area contributed by atoms with Gasteiger partial charge in [0.05, 0.1) is 11.0 Å². The molecule has 8 rings (SSSR count). The van der Waals surface area contributed by atoms with Crippen LogP contribution in [-0.4, -0.2) is 20.8 Å². The van der Waals surface area contributed by atoms with Gasteiger partial charge in [0.25, 0.3) is 0 Å². The zero-order valence-electron chi connectivity index (χ0n) is 25.6. The van der Waals surface area contributed by atoms with Gasteiger partial charge >= 0.3 is 5.69 Å². The molecule has 6 nitrogen and oxygen atoms in total. The number of hydrogen-bond acceptors (Lipinski definition) is 4. The molecule has 1 aromatic heterocycles. The molecule has 0 spiro atoms. The molecule has 0 amide bonds. The van der Waals surface area contributed by atoms with Gasteiger partial charge in [-0.25, -0.2) is 14.8 Å². The smallest absolute Gasteiger partial charge is 0.328 e. The number of imidazole rings is 1. The number of nitrogens with zero attached hydrogens (tertiary/aromatic N) is 4. The summed E-state index contributed by atoms with van der Waals surface area (Å²) in [5.41, 5.74) is 9.05. The number of aryl methyl sites for hydroxylation is 2. The zero-order chi connectivity index (χ0) is 31.2. The first-order valence-corrected chi connectivity index (χ1v) is 15.4. The number of aromatic nitrogens is 2. The van der Waals surface area contributed by atoms with E-state index in [0.29, 0.717) is 5.84 Å². The molecule has 1 N–H and O–H groups in total. The van der Waals surface area contributed by atoms with Crippen LogP contribution < -0.4 is 11.0 Å². The molecular weight excluding hydrogens is 566 g/mol. The minimum Gasteiger partial charge on any atom is -0.344 e. The Kier molecular flexibility index (Phi) is 6.68. The fourth-order valence-electron chi connectivity index (χ4n) is 6.42. The first-order valence-electron chi connectivity index (χ1n) is 15.4. The third kappa shape index (κ3) is 4.72. The number of aliphatic imine (C=N–C) groups is 2. The largest absolute Gasteiger partial charge is 0.344 e. The lowest BCUT2D eigenvalue weighted by Gasteiger charge is -2.25. The van der Waals surface area contributed by atoms with Crippen LogP contribution in [0, 0.1) is 0 Å². The average molecular weight is 598 g/mol. The van der Waals surface area contributed by atoms with Gasteiger partial charge in [0.15, 0.2) is 5.84 Å². The van der Waals surface area contributed by atoms with Crippen LogP contribution in [0.25, 0.3) is 44.1 Å². The molecule has 0 aliphatic carbocycles. The van der Waals surface area contributed by atoms with Gasteiger partial charge in [0.1, 0.15) is 12.0 Å². The summed E-state index contributed by atoms with van der Waals surface area (Å²) in [6.07, 6.45) is -0.329. The van der Waals surface area contributed by atoms with Crippen molar-refractivity contribution in [2.24, 2.45) is 24.1 Å². The van der Waals surface area contributed by atoms with Crippen LogP contribution in [0.3, 0.4) is 0 Å². The summed E-state index contributed by atoms with van der Waals surface area (Å²) in [5.74, 6) is 1.44. The van der Waals surface area contributed by atoms with Crippen molar-refractivity contribution in [1.82, 2.24) is 14.5 Å². The van der Waals surface area contributed by atoms with E-state index in [4.69, 9.17) is 9.98 Å². The van der Waals surface area contributed by atoms with Crippen LogP contribution in [0.15, 0.2) is 154 Å². The molecule has 0 saturated heterocycles. The number of amidine groups is 2. The van der Waals surface area contributed by atoms with Crippen molar-refractivity contribution in [3.63, 3.8) is 0 Å². The van der Waals surface area contributed by atoms with E-state index in [-0.39, 0.29) is 11.9 Å². The predicted octanol–water partition coefficient (Wildman–Crippen LogP) is 7.86. The molecule has 1 aliphatic heterocycles. The molecule has 6 heteroatoms. The number of rotatable bonds is 5. The van der Waals surface area contributed by atoms with E-state index in [0.717, 1.165) is 66.6 Å². The second-order valence-electron chi connectivity index (χ2n) is 11.6. The van der Waals surface area contributed by atoms with Crippen molar-refractivity contribution >= 4 is 33.5 Å². The molecule has 46 heavy (non-hydrogen) atoms. The molecule has 0 radical (unpaired) electrons. The molecule has 6 aromatic carbocycles. The van der Waals surface area contributed by atoms with Gasteiger partial charge in [0, 0.05) is 25.2 Å². The highest BCUT2D eigenvalue weighted by atomic mass is 16.1. The van der Waals surface area contributed by atoms with Crippen molar-refractivity contribution in [2.75, 3.05) is 0 Å². The Balaban J connectivity index is 1.30. The molecule has 222 valence electrons. The van der Waals surface area contributed by atoms with E-state index in [2.05, 4.69) is 115 Å². The third-order valence-electron chi connectivity index (χ3n) is 8.84. The van der Waals surface area contributed by atoms with E-state index < -0.39 is 0 Å². The fourth-order valence-corrected chi connectivity index (χ4v) is 6.42. The normalized spacial score (nSPS) is 14.6. The summed E-state index contributed by atoms with van der Waals surface area (Å²) < 4.78 is 3.37. The predicted molar refractivity (Wildman–Crippen MR) is 188 cm³/mol. The Bertz CT molecular complexity index is 2380. The molecule has 1 aliphatic rings. The van der Waals surface area contributed by atoms with Crippen molar-refractivity contribution in [1.29, 1.82) is 0 Å². The SMILES string of the molecule is Cn1c(=O)n(C)c2cc(-c3cccc(C4=NC(c5c(-c6ccccc6)ccc6ccccc56)=NC(c5ccccc5)N4)c3)ccc21. The van der Waals surface area contributed by atoms with Crippen molar-refractivity contribution in [3.8, 4) is 22.3 Å². The number of benzene rings is 6. The van der Waals surface area contributed by atoms with Crippen molar-refractivity contribution in [2.45, 2.75) is 6.17 Å². The Morgan fingerprint density at radius 1 is 0.609 bits per heavy atom. The molecule has 1 unspecified atom stereocenters. The summed E-state index contributed by atoms with van der Waals surface area (Å²) in [6.45, 7) is 0. The van der Waals surface area contributed by atoms with Gasteiger partial charge < -0.3 is 5.32 Å². The Labute approximate surface area is 266 Å². The van der Waals surface area contributed by atoms with Gasteiger partial charge in [-0.05, 0) is 56.8 Å². The van der Waals surface area contributed by atoms with Crippen LogP contribution in [0.2, 0.25) is 0 Å². The standard InChI is InChI=1S/C40H31N5O/c1-44-34-23-21-30(25-35(34)45(2)40(44)46)29-17-11-18-31(24-29)38-41-37(28-15-7-4-8-16-28)42-39(43-38)36-32-19-10-9-14-27(32)20-22-33(36)26-12-5-3-6-13-26/h3-25,37H,1-2H3,(H,41,42,43). The Morgan fingerprint density at radius 3 is 2.11 bits per heavy atom. The lowest BCUT2D eigenvalue weighted by atomic mass is 9.93. The molecule has 2 heterocycles. The van der Waals surface area contributed by atoms with E-state index in [1.54, 1.807) is 16.2 Å². The van der Waals surface area contributed by atoms with Crippen LogP contribution in [-0.2, 0) is 14.1 Å². The maximum Gasteiger partial charge on any atom is 0.328 e. The van der Waals surface area contributed by atoms with Crippen molar-refractivity contribution < 1.29 is 0 Å². The first-order chi connectivity index (χ1) is 22.5. The Morgan fingerprint density at radius 2 is 1.28 bits per heavy atom. The lowest BCUT2D eigenvalue weighted by molar-refractivity contribution is 0.674. The van der Waals surface area contributed by atoms with Gasteiger partial charge in [-0.15, -0.1) is 0 Å². The molecular formula is C40H31N5O. The molecule has 0 saturated carbocycles. The molecule has 0 fully saturated rings. The third-order valence-corrected chi connectivity index (χ3v) is 8.84. The van der Waals surface area contributed by atoms with Crippen LogP contribution in [0.1, 0.15) is 22.9 Å². The van der Waals surface area contributed by atoms with Gasteiger partial charge in [-0.2, -0.15) is 0 Å². The molecule has 7 aromatic rings. The maximum absolute atomic E-state index is 12.6. The number of nitrogens with one attached hydrogen (secondary N) is 1. The second-order valence-corrected chi connectivity index (χ2v) is 11.6. The highest BCUT2D eigenvalue weighted by molar-refractivity contribution is 6.20. The summed E-state index contributed by atoms with van der Waals surface area (Å²) in [4.78, 5) is 23.1. The average Bonchev–Trinajstić information content (AvgIpc) is 3.34. The Hall–Kier alpha value is -6.01. The highest BCUT2D eigenvalue weighted by Crippen LogP contribution is 2.34. The first kappa shape index (κ1) is 27.5. The maximum atomic E-state index is 12.6. The van der Waals surface area contributed by atoms with Gasteiger partial charge in [-0.1, -0.05) is 121 Å². The van der Waals surface area contributed by atoms with Crippen LogP contribution in [0.4, 0.5) is 0 Å². The van der Waals surface area contributed by atoms with Crippen molar-refractivity contribution in [3.05, 3.63) is 167 Å². The number of fused-ring (bicyclic) bond motifs is 2. The van der Waals surface area contributed by atoms with Crippen LogP contribution >= 0.6 is 0 Å². The summed E-state index contributed by atoms with van der Waals surface area (Å²) >= 11 is 0. The zero-order valence-corrected chi connectivity index (χ0v) is 25.6. The van der Waals surface area contributed by atoms with E-state index in [1.807, 2.05) is 37.4 Å². The van der Waals surface area contributed by atoms with Gasteiger partial charge in [0.2, 0.25) is 0 Å². The molecule has 1 atom stereocenters. The second kappa shape index (κ2) is 11.2. The topological polar surface area (TPSA) is 63.7 Å². The quantitative estimate of drug-likeness (QED) is 0.220. The highest BCUT2D eigenvalue weighted by Gasteiger charge is 2.24.